The van der Waals surface area contributed by atoms with Crippen LogP contribution in [0.15, 0.2) is 54.6 Å². The van der Waals surface area contributed by atoms with Crippen LogP contribution < -0.4 is 10.6 Å². The van der Waals surface area contributed by atoms with Gasteiger partial charge in [0.2, 0.25) is 0 Å². The Hall–Kier alpha value is -3.04. The van der Waals surface area contributed by atoms with Gasteiger partial charge < -0.3 is 10.6 Å². The zero-order valence-corrected chi connectivity index (χ0v) is 17.4. The van der Waals surface area contributed by atoms with Crippen LogP contribution >= 0.6 is 23.8 Å². The topological polar surface area (TPSA) is 41.1 Å². The first-order chi connectivity index (χ1) is 15.0. The zero-order valence-electron chi connectivity index (χ0n) is 15.9. The van der Waals surface area contributed by atoms with Crippen LogP contribution in [0.2, 0.25) is 5.02 Å². The van der Waals surface area contributed by atoms with Gasteiger partial charge in [-0.3, -0.25) is 4.79 Å². The number of amides is 1. The quantitative estimate of drug-likeness (QED) is 0.342. The molecule has 0 bridgehead atoms. The maximum Gasteiger partial charge on any atom is 0.416 e. The number of carbonyl (C=O) groups is 1. The summed E-state index contributed by atoms with van der Waals surface area (Å²) >= 11 is 11.4. The first kappa shape index (κ1) is 22.2. The molecule has 1 aliphatic heterocycles. The summed E-state index contributed by atoms with van der Waals surface area (Å²) in [5.74, 6) is -2.10. The van der Waals surface area contributed by atoms with Gasteiger partial charge in [-0.05, 0) is 48.5 Å². The Morgan fingerprint density at radius 2 is 1.78 bits per heavy atom. The lowest BCUT2D eigenvalue weighted by Gasteiger charge is -2.19. The highest BCUT2D eigenvalue weighted by Gasteiger charge is 2.34. The van der Waals surface area contributed by atoms with Crippen LogP contribution in [0.1, 0.15) is 38.7 Å². The predicted octanol–water partition coefficient (Wildman–Crippen LogP) is 6.26. The average Bonchev–Trinajstić information content (AvgIpc) is 3.06. The van der Waals surface area contributed by atoms with Crippen LogP contribution in [0, 0.1) is 11.6 Å². The molecule has 32 heavy (non-hydrogen) atoms. The number of hydrogen-bond donors (Lipinski definition) is 2. The lowest BCUT2D eigenvalue weighted by Crippen LogP contribution is -2.21. The molecular formula is C22H12ClF5N2OS. The second-order valence-corrected chi connectivity index (χ2v) is 7.84. The highest BCUT2D eigenvalue weighted by Crippen LogP contribution is 2.39. The Kier molecular flexibility index (Phi) is 5.64. The molecule has 0 aromatic heterocycles. The SMILES string of the molecule is O=C1NC(c2cc(F)ccc2Cl)c2c(NC(=S)c3cc(F)cc(C(F)(F)F)c3)cccc21. The summed E-state index contributed by atoms with van der Waals surface area (Å²) in [4.78, 5) is 12.3. The van der Waals surface area contributed by atoms with Crippen molar-refractivity contribution in [3.05, 3.63) is 99.1 Å². The Morgan fingerprint density at radius 1 is 1.03 bits per heavy atom. The van der Waals surface area contributed by atoms with E-state index < -0.39 is 35.3 Å². The molecular weight excluding hydrogens is 471 g/mol. The van der Waals surface area contributed by atoms with Crippen molar-refractivity contribution in [2.75, 3.05) is 5.32 Å². The van der Waals surface area contributed by atoms with E-state index >= 15 is 0 Å². The molecule has 10 heteroatoms. The number of fused-ring (bicyclic) bond motifs is 1. The maximum atomic E-state index is 13.8. The number of benzene rings is 3. The summed E-state index contributed by atoms with van der Waals surface area (Å²) in [5, 5.41) is 5.71. The largest absolute Gasteiger partial charge is 0.416 e. The van der Waals surface area contributed by atoms with Crippen molar-refractivity contribution in [3.8, 4) is 0 Å². The molecule has 1 heterocycles. The molecule has 1 atom stereocenters. The molecule has 0 fully saturated rings. The maximum absolute atomic E-state index is 13.8. The molecule has 3 aromatic carbocycles. The van der Waals surface area contributed by atoms with Crippen LogP contribution in [0.3, 0.4) is 0 Å². The zero-order chi connectivity index (χ0) is 23.2. The standard InChI is InChI=1S/C22H12ClF5N2OS/c23-16-5-4-12(24)9-15(16)19-18-14(20(31)30-19)2-1-3-17(18)29-21(32)10-6-11(22(26,27)28)8-13(25)7-10/h1-9,19H,(H,29,32)(H,30,31). The number of rotatable bonds is 3. The monoisotopic (exact) mass is 482 g/mol. The van der Waals surface area contributed by atoms with Gasteiger partial charge in [-0.1, -0.05) is 29.9 Å². The summed E-state index contributed by atoms with van der Waals surface area (Å²) in [7, 11) is 0. The van der Waals surface area contributed by atoms with Crippen LogP contribution in [0.25, 0.3) is 0 Å². The van der Waals surface area contributed by atoms with Crippen molar-refractivity contribution in [3.63, 3.8) is 0 Å². The molecule has 1 unspecified atom stereocenters. The van der Waals surface area contributed by atoms with E-state index in [0.717, 1.165) is 12.1 Å². The van der Waals surface area contributed by atoms with E-state index in [2.05, 4.69) is 10.6 Å². The van der Waals surface area contributed by atoms with Gasteiger partial charge in [0.25, 0.3) is 5.91 Å². The van der Waals surface area contributed by atoms with Crippen molar-refractivity contribution in [2.24, 2.45) is 0 Å². The fourth-order valence-electron chi connectivity index (χ4n) is 3.51. The fraction of sp³-hybridized carbons (Fsp3) is 0.0909. The number of hydrogen-bond acceptors (Lipinski definition) is 2. The first-order valence-corrected chi connectivity index (χ1v) is 9.91. The molecule has 0 saturated heterocycles. The summed E-state index contributed by atoms with van der Waals surface area (Å²) in [6.07, 6.45) is -4.75. The average molecular weight is 483 g/mol. The van der Waals surface area contributed by atoms with Gasteiger partial charge in [0.1, 0.15) is 16.6 Å². The van der Waals surface area contributed by atoms with Crippen LogP contribution in [-0.2, 0) is 6.18 Å². The van der Waals surface area contributed by atoms with E-state index in [1.165, 1.54) is 24.3 Å². The smallest absolute Gasteiger partial charge is 0.346 e. The van der Waals surface area contributed by atoms with E-state index in [4.69, 9.17) is 23.8 Å². The minimum atomic E-state index is -4.75. The Balaban J connectivity index is 1.75. The third kappa shape index (κ3) is 4.18. The number of anilines is 1. The van der Waals surface area contributed by atoms with Crippen molar-refractivity contribution in [1.29, 1.82) is 0 Å². The number of thiocarbonyl (C=S) groups is 1. The van der Waals surface area contributed by atoms with Crippen LogP contribution in [-0.4, -0.2) is 10.9 Å². The number of nitrogens with one attached hydrogen (secondary N) is 2. The van der Waals surface area contributed by atoms with E-state index in [1.54, 1.807) is 12.1 Å². The lowest BCUT2D eigenvalue weighted by atomic mass is 9.96. The van der Waals surface area contributed by atoms with Crippen LogP contribution in [0.5, 0.6) is 0 Å². The minimum Gasteiger partial charge on any atom is -0.346 e. The van der Waals surface area contributed by atoms with Gasteiger partial charge in [0.05, 0.1) is 11.6 Å². The van der Waals surface area contributed by atoms with Gasteiger partial charge in [-0.15, -0.1) is 0 Å². The summed E-state index contributed by atoms with van der Waals surface area (Å²) < 4.78 is 66.8. The second-order valence-electron chi connectivity index (χ2n) is 7.02. The second kappa shape index (κ2) is 8.14. The van der Waals surface area contributed by atoms with Crippen molar-refractivity contribution >= 4 is 40.4 Å². The van der Waals surface area contributed by atoms with Gasteiger partial charge in [-0.25, -0.2) is 8.78 Å². The molecule has 1 amide bonds. The molecule has 3 nitrogen and oxygen atoms in total. The normalized spacial score (nSPS) is 15.3. The van der Waals surface area contributed by atoms with E-state index in [9.17, 15) is 26.7 Å². The highest BCUT2D eigenvalue weighted by atomic mass is 35.5. The van der Waals surface area contributed by atoms with Crippen LogP contribution in [0.4, 0.5) is 27.6 Å². The molecule has 4 rings (SSSR count). The summed E-state index contributed by atoms with van der Waals surface area (Å²) in [5.41, 5.74) is -0.144. The Morgan fingerprint density at radius 3 is 2.50 bits per heavy atom. The predicted molar refractivity (Wildman–Crippen MR) is 114 cm³/mol. The van der Waals surface area contributed by atoms with Crippen molar-refractivity contribution in [2.45, 2.75) is 12.2 Å². The molecule has 0 saturated carbocycles. The van der Waals surface area contributed by atoms with E-state index in [0.29, 0.717) is 17.2 Å². The van der Waals surface area contributed by atoms with Gasteiger partial charge in [0, 0.05) is 33.0 Å². The molecule has 1 aliphatic rings. The molecule has 3 aromatic rings. The van der Waals surface area contributed by atoms with E-state index in [1.807, 2.05) is 0 Å². The number of carbonyl (C=O) groups excluding carboxylic acids is 1. The molecule has 0 radical (unpaired) electrons. The highest BCUT2D eigenvalue weighted by molar-refractivity contribution is 7.81. The lowest BCUT2D eigenvalue weighted by molar-refractivity contribution is -0.137. The summed E-state index contributed by atoms with van der Waals surface area (Å²) in [6, 6.07) is 9.48. The number of halogens is 6. The molecule has 0 spiro atoms. The third-order valence-corrected chi connectivity index (χ3v) is 5.60. The van der Waals surface area contributed by atoms with Gasteiger partial charge >= 0.3 is 6.18 Å². The van der Waals surface area contributed by atoms with Crippen molar-refractivity contribution in [1.82, 2.24) is 5.32 Å². The fourth-order valence-corrected chi connectivity index (χ4v) is 3.97. The van der Waals surface area contributed by atoms with E-state index in [-0.39, 0.29) is 26.8 Å². The number of alkyl halides is 3. The van der Waals surface area contributed by atoms with Gasteiger partial charge in [0.15, 0.2) is 0 Å². The first-order valence-electron chi connectivity index (χ1n) is 9.12. The summed E-state index contributed by atoms with van der Waals surface area (Å²) in [6.45, 7) is 0. The Labute approximate surface area is 189 Å². The van der Waals surface area contributed by atoms with Crippen molar-refractivity contribution < 1.29 is 26.7 Å². The minimum absolute atomic E-state index is 0.188. The molecule has 2 N–H and O–H groups in total. The van der Waals surface area contributed by atoms with Gasteiger partial charge in [-0.2, -0.15) is 13.2 Å². The third-order valence-electron chi connectivity index (χ3n) is 4.92. The molecule has 0 aliphatic carbocycles. The Bertz CT molecular complexity index is 1260. The molecule has 164 valence electrons.